The molecule has 0 aromatic heterocycles. The average molecular weight is 383 g/mol. The van der Waals surface area contributed by atoms with Crippen LogP contribution in [0.5, 0.6) is 17.2 Å². The van der Waals surface area contributed by atoms with Crippen molar-refractivity contribution < 1.29 is 9.47 Å². The van der Waals surface area contributed by atoms with Gasteiger partial charge in [-0.25, -0.2) is 0 Å². The predicted molar refractivity (Wildman–Crippen MR) is 121 cm³/mol. The standard InChI is InChI=1S/C27H26O2/c1-19(2)16-22-17-21-18-24(28-3)14-15-25(21)27(29-23-12-8-5-9-13-23)26(22)20-10-6-4-7-11-20/h4-15,17-19H,16H2,1-3H3. The quantitative estimate of drug-likeness (QED) is 0.343. The zero-order valence-electron chi connectivity index (χ0n) is 17.2. The zero-order chi connectivity index (χ0) is 20.2. The van der Waals surface area contributed by atoms with Crippen molar-refractivity contribution in [1.29, 1.82) is 0 Å². The maximum absolute atomic E-state index is 6.53. The first-order chi connectivity index (χ1) is 14.2. The van der Waals surface area contributed by atoms with Gasteiger partial charge in [-0.15, -0.1) is 0 Å². The minimum Gasteiger partial charge on any atom is -0.497 e. The minimum atomic E-state index is 0.532. The number of benzene rings is 4. The van der Waals surface area contributed by atoms with E-state index < -0.39 is 0 Å². The number of hydrogen-bond donors (Lipinski definition) is 0. The van der Waals surface area contributed by atoms with E-state index in [1.807, 2.05) is 36.4 Å². The van der Waals surface area contributed by atoms with Gasteiger partial charge in [0.05, 0.1) is 7.11 Å². The van der Waals surface area contributed by atoms with Gasteiger partial charge in [0, 0.05) is 10.9 Å². The van der Waals surface area contributed by atoms with E-state index in [0.29, 0.717) is 5.92 Å². The van der Waals surface area contributed by atoms with E-state index in [9.17, 15) is 0 Å². The minimum absolute atomic E-state index is 0.532. The van der Waals surface area contributed by atoms with Crippen LogP contribution in [0.25, 0.3) is 21.9 Å². The summed E-state index contributed by atoms with van der Waals surface area (Å²) in [4.78, 5) is 0. The fourth-order valence-corrected chi connectivity index (χ4v) is 3.77. The molecule has 0 aliphatic carbocycles. The van der Waals surface area contributed by atoms with Crippen LogP contribution in [0.3, 0.4) is 0 Å². The fraction of sp³-hybridized carbons (Fsp3) is 0.185. The summed E-state index contributed by atoms with van der Waals surface area (Å²) in [6, 6.07) is 29.0. The molecule has 0 fully saturated rings. The van der Waals surface area contributed by atoms with E-state index in [4.69, 9.17) is 9.47 Å². The van der Waals surface area contributed by atoms with Crippen LogP contribution in [0, 0.1) is 5.92 Å². The Bertz CT molecular complexity index is 1100. The van der Waals surface area contributed by atoms with Crippen molar-refractivity contribution in [3.63, 3.8) is 0 Å². The Labute approximate surface area is 172 Å². The highest BCUT2D eigenvalue weighted by atomic mass is 16.5. The van der Waals surface area contributed by atoms with Crippen LogP contribution in [0.4, 0.5) is 0 Å². The molecule has 0 saturated heterocycles. The second-order valence-corrected chi connectivity index (χ2v) is 7.71. The maximum Gasteiger partial charge on any atom is 0.143 e. The molecule has 4 rings (SSSR count). The van der Waals surface area contributed by atoms with E-state index in [1.54, 1.807) is 7.11 Å². The summed E-state index contributed by atoms with van der Waals surface area (Å²) in [5, 5.41) is 2.21. The van der Waals surface area contributed by atoms with Gasteiger partial charge < -0.3 is 9.47 Å². The second-order valence-electron chi connectivity index (χ2n) is 7.71. The first-order valence-electron chi connectivity index (χ1n) is 10.1. The van der Waals surface area contributed by atoms with Crippen LogP contribution in [0.2, 0.25) is 0 Å². The number of para-hydroxylation sites is 1. The van der Waals surface area contributed by atoms with Gasteiger partial charge in [-0.1, -0.05) is 68.4 Å². The Hall–Kier alpha value is -3.26. The summed E-state index contributed by atoms with van der Waals surface area (Å²) in [5.74, 6) is 3.12. The van der Waals surface area contributed by atoms with Gasteiger partial charge in [-0.3, -0.25) is 0 Å². The lowest BCUT2D eigenvalue weighted by molar-refractivity contribution is 0.415. The summed E-state index contributed by atoms with van der Waals surface area (Å²) in [5.41, 5.74) is 3.63. The molecule has 146 valence electrons. The third-order valence-electron chi connectivity index (χ3n) is 5.04. The molecule has 0 radical (unpaired) electrons. The highest BCUT2D eigenvalue weighted by Crippen LogP contribution is 2.43. The molecule has 0 atom stereocenters. The molecular formula is C27H26O2. The molecule has 0 heterocycles. The molecule has 4 aromatic carbocycles. The van der Waals surface area contributed by atoms with Gasteiger partial charge in [-0.05, 0) is 59.2 Å². The van der Waals surface area contributed by atoms with Gasteiger partial charge in [0.2, 0.25) is 0 Å². The van der Waals surface area contributed by atoms with Crippen molar-refractivity contribution in [3.05, 3.63) is 90.5 Å². The molecule has 4 aromatic rings. The van der Waals surface area contributed by atoms with E-state index in [2.05, 4.69) is 62.4 Å². The predicted octanol–water partition coefficient (Wildman–Crippen LogP) is 7.51. The first-order valence-corrected chi connectivity index (χ1v) is 10.1. The zero-order valence-corrected chi connectivity index (χ0v) is 17.2. The summed E-state index contributed by atoms with van der Waals surface area (Å²) in [7, 11) is 1.70. The Kier molecular flexibility index (Phi) is 5.53. The number of methoxy groups -OCH3 is 1. The van der Waals surface area contributed by atoms with Crippen molar-refractivity contribution >= 4 is 10.8 Å². The first kappa shape index (κ1) is 19.1. The van der Waals surface area contributed by atoms with Gasteiger partial charge in [0.15, 0.2) is 0 Å². The Morgan fingerprint density at radius 2 is 1.45 bits per heavy atom. The molecule has 2 nitrogen and oxygen atoms in total. The van der Waals surface area contributed by atoms with Crippen LogP contribution in [-0.4, -0.2) is 7.11 Å². The molecule has 2 heteroatoms. The Morgan fingerprint density at radius 1 is 0.759 bits per heavy atom. The Morgan fingerprint density at radius 3 is 2.10 bits per heavy atom. The highest BCUT2D eigenvalue weighted by molar-refractivity contribution is 5.97. The number of fused-ring (bicyclic) bond motifs is 1. The fourth-order valence-electron chi connectivity index (χ4n) is 3.77. The third kappa shape index (κ3) is 4.12. The van der Waals surface area contributed by atoms with Crippen LogP contribution < -0.4 is 9.47 Å². The lowest BCUT2D eigenvalue weighted by Crippen LogP contribution is -2.00. The molecule has 0 spiro atoms. The highest BCUT2D eigenvalue weighted by Gasteiger charge is 2.18. The summed E-state index contributed by atoms with van der Waals surface area (Å²) in [6.45, 7) is 4.50. The normalized spacial score (nSPS) is 11.0. The number of hydrogen-bond acceptors (Lipinski definition) is 2. The molecule has 0 amide bonds. The molecule has 0 aliphatic rings. The summed E-state index contributed by atoms with van der Waals surface area (Å²) in [6.07, 6.45) is 0.975. The van der Waals surface area contributed by atoms with Gasteiger partial charge in [0.1, 0.15) is 17.2 Å². The van der Waals surface area contributed by atoms with Gasteiger partial charge >= 0.3 is 0 Å². The van der Waals surface area contributed by atoms with Crippen LogP contribution in [0.15, 0.2) is 84.9 Å². The van der Waals surface area contributed by atoms with Crippen LogP contribution >= 0.6 is 0 Å². The summed E-state index contributed by atoms with van der Waals surface area (Å²) < 4.78 is 12.0. The largest absolute Gasteiger partial charge is 0.497 e. The maximum atomic E-state index is 6.53. The van der Waals surface area contributed by atoms with Crippen molar-refractivity contribution in [2.75, 3.05) is 7.11 Å². The van der Waals surface area contributed by atoms with Crippen LogP contribution in [-0.2, 0) is 6.42 Å². The molecule has 0 aliphatic heterocycles. The molecular weight excluding hydrogens is 356 g/mol. The molecule has 0 saturated carbocycles. The SMILES string of the molecule is COc1ccc2c(Oc3ccccc3)c(-c3ccccc3)c(CC(C)C)cc2c1. The summed E-state index contributed by atoms with van der Waals surface area (Å²) >= 11 is 0. The van der Waals surface area contributed by atoms with Crippen molar-refractivity contribution in [3.8, 4) is 28.4 Å². The molecule has 29 heavy (non-hydrogen) atoms. The third-order valence-corrected chi connectivity index (χ3v) is 5.04. The van der Waals surface area contributed by atoms with E-state index in [1.165, 1.54) is 16.7 Å². The molecule has 0 N–H and O–H groups in total. The smallest absolute Gasteiger partial charge is 0.143 e. The lowest BCUT2D eigenvalue weighted by Gasteiger charge is -2.20. The number of rotatable bonds is 6. The molecule has 0 bridgehead atoms. The topological polar surface area (TPSA) is 18.5 Å². The second kappa shape index (κ2) is 8.40. The number of ether oxygens (including phenoxy) is 2. The van der Waals surface area contributed by atoms with Gasteiger partial charge in [0.25, 0.3) is 0 Å². The van der Waals surface area contributed by atoms with Crippen molar-refractivity contribution in [2.45, 2.75) is 20.3 Å². The van der Waals surface area contributed by atoms with Crippen molar-refractivity contribution in [2.24, 2.45) is 5.92 Å². The lowest BCUT2D eigenvalue weighted by atomic mass is 9.89. The van der Waals surface area contributed by atoms with E-state index in [-0.39, 0.29) is 0 Å². The average Bonchev–Trinajstić information content (AvgIpc) is 2.74. The van der Waals surface area contributed by atoms with Crippen molar-refractivity contribution in [1.82, 2.24) is 0 Å². The van der Waals surface area contributed by atoms with E-state index in [0.717, 1.165) is 34.4 Å². The van der Waals surface area contributed by atoms with Crippen LogP contribution in [0.1, 0.15) is 19.4 Å². The van der Waals surface area contributed by atoms with Gasteiger partial charge in [-0.2, -0.15) is 0 Å². The monoisotopic (exact) mass is 382 g/mol. The molecule has 0 unspecified atom stereocenters. The van der Waals surface area contributed by atoms with E-state index >= 15 is 0 Å². The Balaban J connectivity index is 2.02.